The van der Waals surface area contributed by atoms with Crippen molar-refractivity contribution in [1.29, 1.82) is 0 Å². The fraction of sp³-hybridized carbons (Fsp3) is 0.611. The third kappa shape index (κ3) is 6.69. The molecule has 0 heterocycles. The molecule has 1 aliphatic rings. The number of para-hydroxylation sites is 1. The molecule has 2 rings (SSSR count). The van der Waals surface area contributed by atoms with Crippen molar-refractivity contribution in [1.82, 2.24) is 5.32 Å². The minimum absolute atomic E-state index is 0. The number of halogens is 1. The highest BCUT2D eigenvalue weighted by Crippen LogP contribution is 2.28. The van der Waals surface area contributed by atoms with Crippen molar-refractivity contribution in [2.75, 3.05) is 12.3 Å². The van der Waals surface area contributed by atoms with Crippen molar-refractivity contribution >= 4 is 24.0 Å². The molecule has 124 valence electrons. The van der Waals surface area contributed by atoms with Gasteiger partial charge in [-0.2, -0.15) is 0 Å². The first-order chi connectivity index (χ1) is 10.3. The second-order valence-electron chi connectivity index (χ2n) is 6.20. The van der Waals surface area contributed by atoms with Crippen LogP contribution in [0.4, 0.5) is 5.69 Å². The van der Waals surface area contributed by atoms with E-state index in [1.54, 1.807) is 0 Å². The summed E-state index contributed by atoms with van der Waals surface area (Å²) in [6, 6.07) is 7.76. The highest BCUT2D eigenvalue weighted by molar-refractivity contribution is 5.85. The van der Waals surface area contributed by atoms with E-state index in [1.807, 2.05) is 24.3 Å². The molecule has 1 aromatic carbocycles. The van der Waals surface area contributed by atoms with Gasteiger partial charge in [-0.1, -0.05) is 56.7 Å². The maximum absolute atomic E-state index is 11.8. The number of rotatable bonds is 8. The van der Waals surface area contributed by atoms with Gasteiger partial charge in [0.05, 0.1) is 0 Å². The number of hydrogen-bond donors (Lipinski definition) is 2. The molecule has 0 aliphatic heterocycles. The largest absolute Gasteiger partial charge is 0.399 e. The van der Waals surface area contributed by atoms with E-state index in [4.69, 9.17) is 5.73 Å². The van der Waals surface area contributed by atoms with Crippen molar-refractivity contribution in [2.45, 2.75) is 57.8 Å². The Bertz CT molecular complexity index is 444. The number of unbranched alkanes of at least 4 members (excludes halogenated alkanes) is 1. The number of hydrogen-bond acceptors (Lipinski definition) is 2. The molecule has 4 heteroatoms. The van der Waals surface area contributed by atoms with E-state index in [9.17, 15) is 4.79 Å². The van der Waals surface area contributed by atoms with Crippen molar-refractivity contribution in [3.63, 3.8) is 0 Å². The van der Waals surface area contributed by atoms with Crippen LogP contribution in [0.25, 0.3) is 0 Å². The van der Waals surface area contributed by atoms with Gasteiger partial charge < -0.3 is 11.1 Å². The van der Waals surface area contributed by atoms with Crippen LogP contribution in [0.1, 0.15) is 56.9 Å². The molecule has 1 aliphatic carbocycles. The SMILES string of the molecule is Cl.Nc1ccccc1CCC(=O)NCCCCC1CCCC1. The molecule has 0 bridgehead atoms. The number of amides is 1. The van der Waals surface area contributed by atoms with Gasteiger partial charge in [-0.05, 0) is 30.4 Å². The van der Waals surface area contributed by atoms with Gasteiger partial charge in [0, 0.05) is 18.7 Å². The number of nitrogens with two attached hydrogens (primary N) is 1. The fourth-order valence-corrected chi connectivity index (χ4v) is 3.18. The number of carbonyl (C=O) groups excluding carboxylic acids is 1. The second kappa shape index (κ2) is 10.5. The minimum atomic E-state index is 0. The Morgan fingerprint density at radius 3 is 2.64 bits per heavy atom. The molecular weight excluding hydrogens is 296 g/mol. The highest BCUT2D eigenvalue weighted by Gasteiger charge is 2.13. The van der Waals surface area contributed by atoms with E-state index < -0.39 is 0 Å². The molecule has 1 fully saturated rings. The number of aryl methyl sites for hydroxylation is 1. The second-order valence-corrected chi connectivity index (χ2v) is 6.20. The average Bonchev–Trinajstić information content (AvgIpc) is 2.99. The van der Waals surface area contributed by atoms with Gasteiger partial charge in [-0.15, -0.1) is 12.4 Å². The molecule has 0 saturated heterocycles. The lowest BCUT2D eigenvalue weighted by molar-refractivity contribution is -0.121. The summed E-state index contributed by atoms with van der Waals surface area (Å²) in [6.07, 6.45) is 10.6. The van der Waals surface area contributed by atoms with E-state index in [-0.39, 0.29) is 18.3 Å². The van der Waals surface area contributed by atoms with Crippen LogP contribution in [0.5, 0.6) is 0 Å². The first-order valence-electron chi connectivity index (χ1n) is 8.36. The number of benzene rings is 1. The lowest BCUT2D eigenvalue weighted by Gasteiger charge is -2.09. The Labute approximate surface area is 140 Å². The summed E-state index contributed by atoms with van der Waals surface area (Å²) < 4.78 is 0. The normalized spacial score (nSPS) is 14.5. The van der Waals surface area contributed by atoms with Crippen molar-refractivity contribution in [2.24, 2.45) is 5.92 Å². The zero-order chi connectivity index (χ0) is 14.9. The van der Waals surface area contributed by atoms with Gasteiger partial charge >= 0.3 is 0 Å². The molecular formula is C18H29ClN2O. The standard InChI is InChI=1S/C18H28N2O.ClH/c19-17-11-4-3-10-16(17)12-13-18(21)20-14-6-5-9-15-7-1-2-8-15;/h3-4,10-11,15H,1-2,5-9,12-14,19H2,(H,20,21);1H. The average molecular weight is 325 g/mol. The van der Waals surface area contributed by atoms with Crippen LogP contribution in [0, 0.1) is 5.92 Å². The Morgan fingerprint density at radius 2 is 1.91 bits per heavy atom. The minimum Gasteiger partial charge on any atom is -0.399 e. The van der Waals surface area contributed by atoms with E-state index in [0.717, 1.165) is 36.6 Å². The summed E-state index contributed by atoms with van der Waals surface area (Å²) in [5.74, 6) is 1.10. The maximum atomic E-state index is 11.8. The Balaban J connectivity index is 0.00000242. The van der Waals surface area contributed by atoms with Crippen molar-refractivity contribution < 1.29 is 4.79 Å². The predicted octanol–water partition coefficient (Wildman–Crippen LogP) is 4.10. The van der Waals surface area contributed by atoms with E-state index in [0.29, 0.717) is 6.42 Å². The summed E-state index contributed by atoms with van der Waals surface area (Å²) in [4.78, 5) is 11.8. The monoisotopic (exact) mass is 324 g/mol. The maximum Gasteiger partial charge on any atom is 0.220 e. The molecule has 0 atom stereocenters. The molecule has 3 N–H and O–H groups in total. The summed E-state index contributed by atoms with van der Waals surface area (Å²) >= 11 is 0. The Morgan fingerprint density at radius 1 is 1.18 bits per heavy atom. The lowest BCUT2D eigenvalue weighted by atomic mass is 10.0. The van der Waals surface area contributed by atoms with Gasteiger partial charge in [0.15, 0.2) is 0 Å². The Kier molecular flexibility index (Phi) is 8.98. The topological polar surface area (TPSA) is 55.1 Å². The zero-order valence-corrected chi connectivity index (χ0v) is 14.2. The number of nitrogens with one attached hydrogen (secondary N) is 1. The van der Waals surface area contributed by atoms with Crippen LogP contribution in [-0.4, -0.2) is 12.5 Å². The van der Waals surface area contributed by atoms with E-state index in [2.05, 4.69) is 5.32 Å². The third-order valence-electron chi connectivity index (χ3n) is 4.51. The van der Waals surface area contributed by atoms with Gasteiger partial charge in [-0.25, -0.2) is 0 Å². The molecule has 22 heavy (non-hydrogen) atoms. The van der Waals surface area contributed by atoms with Crippen LogP contribution < -0.4 is 11.1 Å². The number of nitrogen functional groups attached to an aromatic ring is 1. The molecule has 0 unspecified atom stereocenters. The molecule has 1 amide bonds. The predicted molar refractivity (Wildman–Crippen MR) is 95.2 cm³/mol. The van der Waals surface area contributed by atoms with Crippen LogP contribution >= 0.6 is 12.4 Å². The molecule has 0 aromatic heterocycles. The van der Waals surface area contributed by atoms with Gasteiger partial charge in [0.1, 0.15) is 0 Å². The summed E-state index contributed by atoms with van der Waals surface area (Å²) in [5.41, 5.74) is 7.72. The van der Waals surface area contributed by atoms with Crippen molar-refractivity contribution in [3.05, 3.63) is 29.8 Å². The van der Waals surface area contributed by atoms with Gasteiger partial charge in [0.25, 0.3) is 0 Å². The number of carbonyl (C=O) groups is 1. The van der Waals surface area contributed by atoms with Gasteiger partial charge in [0.2, 0.25) is 5.91 Å². The molecule has 1 saturated carbocycles. The van der Waals surface area contributed by atoms with Crippen LogP contribution in [0.15, 0.2) is 24.3 Å². The first kappa shape index (κ1) is 18.8. The number of anilines is 1. The zero-order valence-electron chi connectivity index (χ0n) is 13.4. The summed E-state index contributed by atoms with van der Waals surface area (Å²) in [5, 5.41) is 3.02. The fourth-order valence-electron chi connectivity index (χ4n) is 3.18. The molecule has 0 spiro atoms. The third-order valence-corrected chi connectivity index (χ3v) is 4.51. The highest BCUT2D eigenvalue weighted by atomic mass is 35.5. The lowest BCUT2D eigenvalue weighted by Crippen LogP contribution is -2.24. The molecule has 1 aromatic rings. The Hall–Kier alpha value is -1.22. The first-order valence-corrected chi connectivity index (χ1v) is 8.36. The van der Waals surface area contributed by atoms with E-state index >= 15 is 0 Å². The quantitative estimate of drug-likeness (QED) is 0.558. The molecule has 3 nitrogen and oxygen atoms in total. The van der Waals surface area contributed by atoms with E-state index in [1.165, 1.54) is 38.5 Å². The summed E-state index contributed by atoms with van der Waals surface area (Å²) in [7, 11) is 0. The van der Waals surface area contributed by atoms with Gasteiger partial charge in [-0.3, -0.25) is 4.79 Å². The van der Waals surface area contributed by atoms with Crippen LogP contribution in [-0.2, 0) is 11.2 Å². The van der Waals surface area contributed by atoms with Crippen molar-refractivity contribution in [3.8, 4) is 0 Å². The van der Waals surface area contributed by atoms with Crippen LogP contribution in [0.3, 0.4) is 0 Å². The summed E-state index contributed by atoms with van der Waals surface area (Å²) in [6.45, 7) is 0.815. The van der Waals surface area contributed by atoms with Crippen LogP contribution in [0.2, 0.25) is 0 Å². The smallest absolute Gasteiger partial charge is 0.220 e. The molecule has 0 radical (unpaired) electrons.